The molecule has 5 heteroatoms. The fraction of sp³-hybridized carbons (Fsp3) is 0.300. The maximum absolute atomic E-state index is 11.8. The van der Waals surface area contributed by atoms with Crippen molar-refractivity contribution in [2.24, 2.45) is 0 Å². The molecule has 0 radical (unpaired) electrons. The molecule has 0 saturated carbocycles. The zero-order valence-corrected chi connectivity index (χ0v) is 15.0. The quantitative estimate of drug-likeness (QED) is 0.774. The summed E-state index contributed by atoms with van der Waals surface area (Å²) in [5.41, 5.74) is 5.03. The Hall–Kier alpha value is -2.82. The summed E-state index contributed by atoms with van der Waals surface area (Å²) in [7, 11) is 0. The first kappa shape index (κ1) is 17.0. The Balaban J connectivity index is 1.77. The maximum atomic E-state index is 11.8. The number of aryl methyl sites for hydroxylation is 1. The average Bonchev–Trinajstić information content (AvgIpc) is 3.00. The van der Waals surface area contributed by atoms with Crippen LogP contribution in [-0.4, -0.2) is 21.3 Å². The van der Waals surface area contributed by atoms with Crippen LogP contribution >= 0.6 is 0 Å². The number of rotatable bonds is 3. The van der Waals surface area contributed by atoms with Crippen LogP contribution in [-0.2, 0) is 11.3 Å². The molecular weight excluding hydrogens is 314 g/mol. The van der Waals surface area contributed by atoms with Gasteiger partial charge in [0, 0.05) is 24.5 Å². The predicted octanol–water partition coefficient (Wildman–Crippen LogP) is 4.33. The summed E-state index contributed by atoms with van der Waals surface area (Å²) < 4.78 is 7.14. The van der Waals surface area contributed by atoms with Crippen LogP contribution in [0.15, 0.2) is 48.8 Å². The Morgan fingerprint density at radius 2 is 2.04 bits per heavy atom. The molecule has 130 valence electrons. The smallest absolute Gasteiger partial charge is 0.407 e. The molecule has 0 aliphatic heterocycles. The standard InChI is InChI=1S/C20H23N3O2/c1-14-12-15(17-9-10-22-23-11-5-6-18(17)23)7-8-16(14)13-21-19(24)25-20(2,3)4/h5-12H,13H2,1-4H3,(H,21,24). The Labute approximate surface area is 147 Å². The number of nitrogens with zero attached hydrogens (tertiary/aromatic N) is 2. The van der Waals surface area contributed by atoms with Crippen molar-refractivity contribution in [2.45, 2.75) is 39.8 Å². The second kappa shape index (κ2) is 6.59. The van der Waals surface area contributed by atoms with Gasteiger partial charge in [-0.15, -0.1) is 0 Å². The highest BCUT2D eigenvalue weighted by molar-refractivity contribution is 5.80. The molecule has 1 amide bonds. The third kappa shape index (κ3) is 3.99. The van der Waals surface area contributed by atoms with Gasteiger partial charge < -0.3 is 10.1 Å². The normalized spacial score (nSPS) is 11.5. The van der Waals surface area contributed by atoms with E-state index in [-0.39, 0.29) is 0 Å². The van der Waals surface area contributed by atoms with Crippen molar-refractivity contribution in [3.05, 3.63) is 59.9 Å². The second-order valence-corrected chi connectivity index (χ2v) is 7.08. The highest BCUT2D eigenvalue weighted by Crippen LogP contribution is 2.26. The molecule has 1 aromatic carbocycles. The van der Waals surface area contributed by atoms with Crippen LogP contribution in [0, 0.1) is 6.92 Å². The van der Waals surface area contributed by atoms with Gasteiger partial charge in [-0.1, -0.05) is 18.2 Å². The first-order valence-electron chi connectivity index (χ1n) is 8.32. The molecule has 2 heterocycles. The van der Waals surface area contributed by atoms with Crippen molar-refractivity contribution < 1.29 is 9.53 Å². The monoisotopic (exact) mass is 337 g/mol. The van der Waals surface area contributed by atoms with Crippen LogP contribution in [0.1, 0.15) is 31.9 Å². The van der Waals surface area contributed by atoms with Crippen LogP contribution in [0.5, 0.6) is 0 Å². The number of amides is 1. The Bertz CT molecular complexity index is 907. The first-order chi connectivity index (χ1) is 11.8. The largest absolute Gasteiger partial charge is 0.444 e. The van der Waals surface area contributed by atoms with E-state index in [2.05, 4.69) is 28.6 Å². The number of nitrogens with one attached hydrogen (secondary N) is 1. The number of hydrogen-bond donors (Lipinski definition) is 1. The average molecular weight is 337 g/mol. The number of benzene rings is 1. The molecule has 0 unspecified atom stereocenters. The molecule has 1 N–H and O–H groups in total. The van der Waals surface area contributed by atoms with Gasteiger partial charge in [0.15, 0.2) is 0 Å². The van der Waals surface area contributed by atoms with Crippen molar-refractivity contribution in [1.82, 2.24) is 14.9 Å². The van der Waals surface area contributed by atoms with Crippen LogP contribution in [0.3, 0.4) is 0 Å². The van der Waals surface area contributed by atoms with Crippen LogP contribution in [0.25, 0.3) is 16.6 Å². The highest BCUT2D eigenvalue weighted by Gasteiger charge is 2.16. The van der Waals surface area contributed by atoms with Gasteiger partial charge in [-0.05, 0) is 62.6 Å². The topological polar surface area (TPSA) is 55.6 Å². The Morgan fingerprint density at radius 1 is 1.24 bits per heavy atom. The van der Waals surface area contributed by atoms with Crippen LogP contribution < -0.4 is 5.32 Å². The second-order valence-electron chi connectivity index (χ2n) is 7.08. The van der Waals surface area contributed by atoms with Crippen molar-refractivity contribution in [3.8, 4) is 11.1 Å². The van der Waals surface area contributed by atoms with Crippen LogP contribution in [0.4, 0.5) is 4.79 Å². The number of fused-ring (bicyclic) bond motifs is 1. The molecule has 0 saturated heterocycles. The number of carbonyl (C=O) groups excluding carboxylic acids is 1. The molecule has 0 fully saturated rings. The van der Waals surface area contributed by atoms with Gasteiger partial charge in [0.05, 0.1) is 5.52 Å². The van der Waals surface area contributed by atoms with Gasteiger partial charge >= 0.3 is 6.09 Å². The Kier molecular flexibility index (Phi) is 4.49. The summed E-state index contributed by atoms with van der Waals surface area (Å²) in [4.78, 5) is 11.8. The zero-order valence-electron chi connectivity index (χ0n) is 15.0. The minimum Gasteiger partial charge on any atom is -0.444 e. The molecule has 3 aromatic rings. The lowest BCUT2D eigenvalue weighted by Crippen LogP contribution is -2.32. The molecule has 0 spiro atoms. The van der Waals surface area contributed by atoms with E-state index < -0.39 is 11.7 Å². The van der Waals surface area contributed by atoms with E-state index in [1.807, 2.05) is 56.6 Å². The van der Waals surface area contributed by atoms with Gasteiger partial charge in [0.1, 0.15) is 5.60 Å². The highest BCUT2D eigenvalue weighted by atomic mass is 16.6. The number of aromatic nitrogens is 2. The molecule has 25 heavy (non-hydrogen) atoms. The van der Waals surface area contributed by atoms with Crippen molar-refractivity contribution in [2.75, 3.05) is 0 Å². The Morgan fingerprint density at radius 3 is 2.76 bits per heavy atom. The van der Waals surface area contributed by atoms with Gasteiger partial charge in [-0.25, -0.2) is 9.31 Å². The molecule has 2 aromatic heterocycles. The summed E-state index contributed by atoms with van der Waals surface area (Å²) in [6.07, 6.45) is 3.33. The molecule has 0 aliphatic carbocycles. The summed E-state index contributed by atoms with van der Waals surface area (Å²) in [5.74, 6) is 0. The number of ether oxygens (including phenoxy) is 1. The maximum Gasteiger partial charge on any atom is 0.407 e. The summed E-state index contributed by atoms with van der Waals surface area (Å²) in [5, 5.41) is 7.11. The van der Waals surface area contributed by atoms with Crippen molar-refractivity contribution >= 4 is 11.6 Å². The molecule has 3 rings (SSSR count). The van der Waals surface area contributed by atoms with E-state index in [1.54, 1.807) is 6.20 Å². The van der Waals surface area contributed by atoms with E-state index in [0.29, 0.717) is 6.54 Å². The SMILES string of the molecule is Cc1cc(-c2ccnn3cccc23)ccc1CNC(=O)OC(C)(C)C. The van der Waals surface area contributed by atoms with Crippen LogP contribution in [0.2, 0.25) is 0 Å². The third-order valence-electron chi connectivity index (χ3n) is 3.91. The lowest BCUT2D eigenvalue weighted by Gasteiger charge is -2.20. The van der Waals surface area contributed by atoms with E-state index in [4.69, 9.17) is 4.74 Å². The predicted molar refractivity (Wildman–Crippen MR) is 98.4 cm³/mol. The lowest BCUT2D eigenvalue weighted by atomic mass is 10.00. The van der Waals surface area contributed by atoms with E-state index in [9.17, 15) is 4.79 Å². The minimum atomic E-state index is -0.493. The van der Waals surface area contributed by atoms with Gasteiger partial charge in [0.2, 0.25) is 0 Å². The summed E-state index contributed by atoms with van der Waals surface area (Å²) in [6.45, 7) is 8.04. The number of alkyl carbamates (subject to hydrolysis) is 1. The summed E-state index contributed by atoms with van der Waals surface area (Å²) >= 11 is 0. The fourth-order valence-electron chi connectivity index (χ4n) is 2.74. The molecular formula is C20H23N3O2. The fourth-order valence-corrected chi connectivity index (χ4v) is 2.74. The molecule has 0 atom stereocenters. The van der Waals surface area contributed by atoms with Gasteiger partial charge in [0.25, 0.3) is 0 Å². The van der Waals surface area contributed by atoms with Crippen molar-refractivity contribution in [3.63, 3.8) is 0 Å². The summed E-state index contributed by atoms with van der Waals surface area (Å²) in [6, 6.07) is 12.3. The zero-order chi connectivity index (χ0) is 18.0. The molecule has 0 aliphatic rings. The number of hydrogen-bond acceptors (Lipinski definition) is 3. The first-order valence-corrected chi connectivity index (χ1v) is 8.32. The molecule has 5 nitrogen and oxygen atoms in total. The van der Waals surface area contributed by atoms with Gasteiger partial charge in [-0.2, -0.15) is 5.10 Å². The third-order valence-corrected chi connectivity index (χ3v) is 3.91. The molecule has 0 bridgehead atoms. The van der Waals surface area contributed by atoms with E-state index >= 15 is 0 Å². The van der Waals surface area contributed by atoms with Gasteiger partial charge in [-0.3, -0.25) is 0 Å². The van der Waals surface area contributed by atoms with Crippen molar-refractivity contribution in [1.29, 1.82) is 0 Å². The lowest BCUT2D eigenvalue weighted by molar-refractivity contribution is 0.0523. The minimum absolute atomic E-state index is 0.403. The van der Waals surface area contributed by atoms with E-state index in [0.717, 1.165) is 27.8 Å². The van der Waals surface area contributed by atoms with E-state index in [1.165, 1.54) is 0 Å². The number of carbonyl (C=O) groups is 1.